The molecule has 0 aliphatic rings. The first kappa shape index (κ1) is 17.1. The van der Waals surface area contributed by atoms with Crippen molar-refractivity contribution in [1.82, 2.24) is 0 Å². The van der Waals surface area contributed by atoms with E-state index in [1.165, 1.54) is 0 Å². The zero-order valence-corrected chi connectivity index (χ0v) is 12.5. The average molecular weight is 292 g/mol. The van der Waals surface area contributed by atoms with Crippen LogP contribution in [0, 0.1) is 0 Å². The number of hydrogen-bond acceptors (Lipinski definition) is 0. The highest BCUT2D eigenvalue weighted by Crippen LogP contribution is 2.19. The summed E-state index contributed by atoms with van der Waals surface area (Å²) in [6.07, 6.45) is 1.36. The van der Waals surface area contributed by atoms with Crippen LogP contribution in [0.2, 0.25) is 18.1 Å². The number of unbranched alkanes of at least 4 members (excludes halogenated alkanes) is 2. The monoisotopic (exact) mass is 292 g/mol. The summed E-state index contributed by atoms with van der Waals surface area (Å²) in [5.74, 6) is 0. The van der Waals surface area contributed by atoms with Gasteiger partial charge in [0.05, 0.1) is 12.8 Å². The molecule has 0 amide bonds. The first-order chi connectivity index (χ1) is 7.95. The fourth-order valence-electron chi connectivity index (χ4n) is 1.65. The van der Waals surface area contributed by atoms with Crippen LogP contribution in [0.1, 0.15) is 32.1 Å². The molecule has 0 bridgehead atoms. The molecular weight excluding hydrogens is 271 g/mol. The molecule has 0 heterocycles. The minimum Gasteiger partial charge on any atom is -0.251 e. The molecule has 0 saturated carbocycles. The number of hydrogen-bond donors (Lipinski definition) is 0. The molecule has 0 radical (unpaired) electrons. The van der Waals surface area contributed by atoms with Crippen LogP contribution < -0.4 is 0 Å². The van der Waals surface area contributed by atoms with Gasteiger partial charge in [0, 0.05) is 15.6 Å². The van der Waals surface area contributed by atoms with E-state index in [1.54, 1.807) is 0 Å². The lowest BCUT2D eigenvalue weighted by molar-refractivity contribution is 0.323. The molecule has 0 N–H and O–H groups in total. The van der Waals surface area contributed by atoms with Crippen LogP contribution in [-0.4, -0.2) is 31.4 Å². The van der Waals surface area contributed by atoms with E-state index in [4.69, 9.17) is 0 Å². The quantitative estimate of drug-likeness (QED) is 0.233. The molecule has 0 nitrogen and oxygen atoms in total. The summed E-state index contributed by atoms with van der Waals surface area (Å²) >= 11 is 0. The second-order valence-electron chi connectivity index (χ2n) is 4.35. The standard InChI is InChI=1S/C10H21F5Si2/c11-6-2-1-5-10(12)9-16-7-3-4-8-17(13,14)15/h10H,1-9,16H2. The molecular formula is C10H21F5Si2. The summed E-state index contributed by atoms with van der Waals surface area (Å²) in [5.41, 5.74) is 0. The van der Waals surface area contributed by atoms with Crippen LogP contribution in [0.15, 0.2) is 0 Å². The Morgan fingerprint density at radius 2 is 1.71 bits per heavy atom. The molecule has 0 saturated heterocycles. The fraction of sp³-hybridized carbons (Fsp3) is 1.00. The third kappa shape index (κ3) is 14.0. The molecule has 0 rings (SSSR count). The Balaban J connectivity index is 3.22. The molecule has 0 aromatic carbocycles. The van der Waals surface area contributed by atoms with Crippen LogP contribution >= 0.6 is 0 Å². The largest absolute Gasteiger partial charge is 0.616 e. The van der Waals surface area contributed by atoms with Crippen molar-refractivity contribution in [2.75, 3.05) is 6.67 Å². The van der Waals surface area contributed by atoms with Crippen LogP contribution in [-0.2, 0) is 0 Å². The number of halogens is 5. The van der Waals surface area contributed by atoms with Gasteiger partial charge < -0.3 is 0 Å². The van der Waals surface area contributed by atoms with Crippen molar-refractivity contribution in [2.45, 2.75) is 56.4 Å². The van der Waals surface area contributed by atoms with Gasteiger partial charge in [-0.3, -0.25) is 4.39 Å². The van der Waals surface area contributed by atoms with Crippen molar-refractivity contribution in [3.05, 3.63) is 0 Å². The summed E-state index contributed by atoms with van der Waals surface area (Å²) in [7, 11) is -5.91. The highest BCUT2D eigenvalue weighted by molar-refractivity contribution is 6.58. The lowest BCUT2D eigenvalue weighted by Gasteiger charge is -2.07. The molecule has 1 atom stereocenters. The van der Waals surface area contributed by atoms with Gasteiger partial charge in [-0.1, -0.05) is 12.5 Å². The van der Waals surface area contributed by atoms with Crippen molar-refractivity contribution in [3.8, 4) is 0 Å². The van der Waals surface area contributed by atoms with E-state index in [0.29, 0.717) is 31.7 Å². The van der Waals surface area contributed by atoms with E-state index in [-0.39, 0.29) is 6.42 Å². The third-order valence-electron chi connectivity index (χ3n) is 2.63. The summed E-state index contributed by atoms with van der Waals surface area (Å²) < 4.78 is 60.7. The van der Waals surface area contributed by atoms with E-state index in [0.717, 1.165) is 6.04 Å². The highest BCUT2D eigenvalue weighted by Gasteiger charge is 2.35. The van der Waals surface area contributed by atoms with Crippen molar-refractivity contribution in [1.29, 1.82) is 0 Å². The SMILES string of the molecule is FCCCCC(F)C[SiH2]CCCC[Si](F)(F)F. The van der Waals surface area contributed by atoms with Gasteiger partial charge in [-0.05, 0) is 31.7 Å². The Morgan fingerprint density at radius 1 is 1.00 bits per heavy atom. The van der Waals surface area contributed by atoms with Gasteiger partial charge in [0.1, 0.15) is 0 Å². The highest BCUT2D eigenvalue weighted by atomic mass is 28.5. The summed E-state index contributed by atoms with van der Waals surface area (Å²) in [6.45, 7) is -0.397. The predicted molar refractivity (Wildman–Crippen MR) is 66.0 cm³/mol. The van der Waals surface area contributed by atoms with Crippen molar-refractivity contribution in [2.24, 2.45) is 0 Å². The average Bonchev–Trinajstić information content (AvgIpc) is 2.22. The van der Waals surface area contributed by atoms with E-state index in [9.17, 15) is 21.1 Å². The maximum absolute atomic E-state index is 13.2. The molecule has 1 unspecified atom stereocenters. The van der Waals surface area contributed by atoms with Crippen molar-refractivity contribution >= 4 is 18.6 Å². The zero-order chi connectivity index (χ0) is 13.1. The Kier molecular flexibility index (Phi) is 10.1. The molecule has 0 fully saturated rings. The first-order valence-corrected chi connectivity index (χ1v) is 10.1. The zero-order valence-electron chi connectivity index (χ0n) is 10.0. The smallest absolute Gasteiger partial charge is 0.251 e. The molecule has 0 spiro atoms. The lowest BCUT2D eigenvalue weighted by Crippen LogP contribution is -2.13. The fourth-order valence-corrected chi connectivity index (χ4v) is 4.03. The minimum absolute atomic E-state index is 0.224. The number of alkyl halides is 2. The summed E-state index contributed by atoms with van der Waals surface area (Å²) in [5, 5.41) is 0. The molecule has 0 aliphatic carbocycles. The van der Waals surface area contributed by atoms with Gasteiger partial charge in [0.15, 0.2) is 0 Å². The van der Waals surface area contributed by atoms with Gasteiger partial charge >= 0.3 is 9.08 Å². The number of rotatable bonds is 11. The van der Waals surface area contributed by atoms with Crippen LogP contribution in [0.25, 0.3) is 0 Å². The maximum atomic E-state index is 13.2. The Hall–Kier alpha value is 0.0838. The predicted octanol–water partition coefficient (Wildman–Crippen LogP) is 4.10. The molecule has 17 heavy (non-hydrogen) atoms. The topological polar surface area (TPSA) is 0 Å². The van der Waals surface area contributed by atoms with Gasteiger partial charge in [0.25, 0.3) is 0 Å². The van der Waals surface area contributed by atoms with Crippen molar-refractivity contribution in [3.63, 3.8) is 0 Å². The Bertz CT molecular complexity index is 175. The Morgan fingerprint density at radius 3 is 2.29 bits per heavy atom. The summed E-state index contributed by atoms with van der Waals surface area (Å²) in [6, 6.07) is 0.751. The molecule has 0 aromatic rings. The second kappa shape index (κ2) is 10.0. The van der Waals surface area contributed by atoms with E-state index >= 15 is 0 Å². The normalized spacial score (nSPS) is 14.6. The summed E-state index contributed by atoms with van der Waals surface area (Å²) in [4.78, 5) is 0. The van der Waals surface area contributed by atoms with Crippen LogP contribution in [0.5, 0.6) is 0 Å². The van der Waals surface area contributed by atoms with Crippen LogP contribution in [0.4, 0.5) is 21.1 Å². The second-order valence-corrected chi connectivity index (χ2v) is 8.07. The molecule has 0 aliphatic heterocycles. The first-order valence-electron chi connectivity index (χ1n) is 6.22. The minimum atomic E-state index is -5.36. The third-order valence-corrected chi connectivity index (χ3v) is 5.58. The van der Waals surface area contributed by atoms with Crippen molar-refractivity contribution < 1.29 is 21.1 Å². The van der Waals surface area contributed by atoms with Crippen LogP contribution in [0.3, 0.4) is 0 Å². The molecule has 104 valence electrons. The van der Waals surface area contributed by atoms with Gasteiger partial charge in [0.2, 0.25) is 0 Å². The van der Waals surface area contributed by atoms with E-state index in [1.807, 2.05) is 0 Å². The molecule has 0 aromatic heterocycles. The van der Waals surface area contributed by atoms with E-state index in [2.05, 4.69) is 0 Å². The van der Waals surface area contributed by atoms with E-state index < -0.39 is 37.5 Å². The maximum Gasteiger partial charge on any atom is 0.616 e. The van der Waals surface area contributed by atoms with Gasteiger partial charge in [-0.25, -0.2) is 16.7 Å². The van der Waals surface area contributed by atoms with Gasteiger partial charge in [-0.15, -0.1) is 0 Å². The lowest BCUT2D eigenvalue weighted by atomic mass is 10.2. The van der Waals surface area contributed by atoms with Gasteiger partial charge in [-0.2, -0.15) is 0 Å². The Labute approximate surface area is 103 Å². The molecule has 7 heteroatoms.